The van der Waals surface area contributed by atoms with Gasteiger partial charge in [-0.05, 0) is 52.0 Å². The van der Waals surface area contributed by atoms with Gasteiger partial charge in [-0.25, -0.2) is 9.59 Å². The van der Waals surface area contributed by atoms with Crippen molar-refractivity contribution in [1.29, 1.82) is 0 Å². The van der Waals surface area contributed by atoms with Crippen LogP contribution in [0.3, 0.4) is 0 Å². The van der Waals surface area contributed by atoms with Crippen LogP contribution >= 0.6 is 0 Å². The summed E-state index contributed by atoms with van der Waals surface area (Å²) in [6.45, 7) is 11.2. The van der Waals surface area contributed by atoms with Gasteiger partial charge in [-0.1, -0.05) is 12.1 Å². The van der Waals surface area contributed by atoms with E-state index in [1.54, 1.807) is 39.0 Å². The minimum atomic E-state index is -1.96. The van der Waals surface area contributed by atoms with Crippen LogP contribution in [-0.2, 0) is 16.0 Å². The molecule has 0 radical (unpaired) electrons. The monoisotopic (exact) mass is 383 g/mol. The second-order valence-electron chi connectivity index (χ2n) is 7.90. The summed E-state index contributed by atoms with van der Waals surface area (Å²) >= 11 is 0. The Morgan fingerprint density at radius 1 is 1.23 bits per heavy atom. The van der Waals surface area contributed by atoms with Crippen LogP contribution in [0.4, 0.5) is 4.79 Å². The van der Waals surface area contributed by atoms with Crippen molar-refractivity contribution in [2.75, 3.05) is 7.11 Å². The van der Waals surface area contributed by atoms with Crippen LogP contribution in [0.5, 0.6) is 11.5 Å². The maximum absolute atomic E-state index is 12.0. The molecule has 1 rings (SSSR count). The predicted octanol–water partition coefficient (Wildman–Crippen LogP) is 3.43. The highest BCUT2D eigenvalue weighted by Crippen LogP contribution is 2.34. The van der Waals surface area contributed by atoms with Crippen molar-refractivity contribution in [2.45, 2.75) is 58.5 Å². The van der Waals surface area contributed by atoms with Crippen molar-refractivity contribution in [3.63, 3.8) is 0 Å². The summed E-state index contributed by atoms with van der Waals surface area (Å²) in [6.07, 6.45) is -0.730. The highest BCUT2D eigenvalue weighted by Gasteiger charge is 2.27. The summed E-state index contributed by atoms with van der Waals surface area (Å²) in [7, 11) is -0.427. The number of rotatable bonds is 7. The van der Waals surface area contributed by atoms with E-state index in [1.807, 2.05) is 19.6 Å². The van der Waals surface area contributed by atoms with Crippen molar-refractivity contribution in [2.24, 2.45) is 0 Å². The lowest BCUT2D eigenvalue weighted by molar-refractivity contribution is -0.139. The molecule has 0 aromatic heterocycles. The summed E-state index contributed by atoms with van der Waals surface area (Å²) in [5.74, 6) is -0.102. The first-order chi connectivity index (χ1) is 11.8. The number of carboxylic acids is 1. The third-order valence-corrected chi connectivity index (χ3v) is 3.92. The van der Waals surface area contributed by atoms with Gasteiger partial charge in [0.05, 0.1) is 7.11 Å². The molecular weight excluding hydrogens is 354 g/mol. The van der Waals surface area contributed by atoms with Crippen LogP contribution < -0.4 is 14.5 Å². The number of amides is 1. The number of ether oxygens (including phenoxy) is 2. The fourth-order valence-electron chi connectivity index (χ4n) is 2.17. The summed E-state index contributed by atoms with van der Waals surface area (Å²) in [4.78, 5) is 23.6. The fraction of sp³-hybridized carbons (Fsp3) is 0.556. The van der Waals surface area contributed by atoms with Crippen molar-refractivity contribution >= 4 is 20.4 Å². The molecule has 7 nitrogen and oxygen atoms in total. The number of carboxylic acid groups (broad SMARTS) is 1. The number of methoxy groups -OCH3 is 1. The van der Waals surface area contributed by atoms with Gasteiger partial charge >= 0.3 is 12.1 Å². The number of para-hydroxylation sites is 1. The zero-order valence-electron chi connectivity index (χ0n) is 16.5. The van der Waals surface area contributed by atoms with Gasteiger partial charge in [-0.3, -0.25) is 0 Å². The van der Waals surface area contributed by atoms with Crippen LogP contribution in [0.1, 0.15) is 26.3 Å². The number of hydrogen-bond donors (Lipinski definition) is 2. The van der Waals surface area contributed by atoms with Gasteiger partial charge in [0, 0.05) is 6.42 Å². The van der Waals surface area contributed by atoms with E-state index in [0.29, 0.717) is 17.1 Å². The van der Waals surface area contributed by atoms with Gasteiger partial charge in [-0.15, -0.1) is 0 Å². The number of carbonyl (C=O) groups is 2. The maximum Gasteiger partial charge on any atom is 0.408 e. The Kier molecular flexibility index (Phi) is 7.08. The Morgan fingerprint density at radius 2 is 1.85 bits per heavy atom. The Morgan fingerprint density at radius 3 is 2.31 bits per heavy atom. The first kappa shape index (κ1) is 21.8. The predicted molar refractivity (Wildman–Crippen MR) is 101 cm³/mol. The lowest BCUT2D eigenvalue weighted by Gasteiger charge is -2.25. The van der Waals surface area contributed by atoms with Crippen LogP contribution in [-0.4, -0.2) is 44.2 Å². The molecule has 0 spiro atoms. The molecule has 8 heteroatoms. The van der Waals surface area contributed by atoms with E-state index >= 15 is 0 Å². The van der Waals surface area contributed by atoms with E-state index in [0.717, 1.165) is 0 Å². The normalized spacial score (nSPS) is 12.9. The van der Waals surface area contributed by atoms with Crippen molar-refractivity contribution in [3.8, 4) is 11.5 Å². The van der Waals surface area contributed by atoms with Crippen LogP contribution in [0.15, 0.2) is 18.2 Å². The van der Waals surface area contributed by atoms with Gasteiger partial charge in [-0.2, -0.15) is 0 Å². The average Bonchev–Trinajstić information content (AvgIpc) is 2.44. The smallest absolute Gasteiger partial charge is 0.408 e. The Balaban J connectivity index is 3.08. The summed E-state index contributed by atoms with van der Waals surface area (Å²) in [5.41, 5.74) is -0.0647. The number of nitrogens with one attached hydrogen (secondary N) is 1. The minimum absolute atomic E-state index is 0.0472. The second-order valence-corrected chi connectivity index (χ2v) is 12.3. The second kappa shape index (κ2) is 8.44. The molecule has 2 N–H and O–H groups in total. The van der Waals surface area contributed by atoms with Crippen molar-refractivity contribution in [1.82, 2.24) is 5.32 Å². The van der Waals surface area contributed by atoms with Crippen LogP contribution in [0.25, 0.3) is 0 Å². The topological polar surface area (TPSA) is 94.1 Å². The molecule has 0 bridgehead atoms. The molecule has 0 aliphatic rings. The van der Waals surface area contributed by atoms with Crippen molar-refractivity contribution < 1.29 is 28.6 Å². The van der Waals surface area contributed by atoms with Crippen LogP contribution in [0, 0.1) is 0 Å². The van der Waals surface area contributed by atoms with E-state index in [1.165, 1.54) is 7.11 Å². The highest BCUT2D eigenvalue weighted by atomic mass is 28.4. The minimum Gasteiger partial charge on any atom is -0.542 e. The van der Waals surface area contributed by atoms with Crippen LogP contribution in [0.2, 0.25) is 19.6 Å². The summed E-state index contributed by atoms with van der Waals surface area (Å²) in [6, 6.07) is 4.14. The Labute approximate surface area is 155 Å². The van der Waals surface area contributed by atoms with Gasteiger partial charge in [0.25, 0.3) is 0 Å². The molecule has 0 fully saturated rings. The van der Waals surface area contributed by atoms with E-state index in [9.17, 15) is 14.7 Å². The Hall–Kier alpha value is -2.22. The molecule has 0 aliphatic heterocycles. The van der Waals surface area contributed by atoms with E-state index in [4.69, 9.17) is 13.9 Å². The third kappa shape index (κ3) is 7.34. The molecule has 1 amide bonds. The zero-order chi connectivity index (χ0) is 20.1. The van der Waals surface area contributed by atoms with Gasteiger partial charge in [0.15, 0.2) is 5.75 Å². The first-order valence-corrected chi connectivity index (χ1v) is 11.8. The third-order valence-electron chi connectivity index (χ3n) is 3.10. The van der Waals surface area contributed by atoms with Gasteiger partial charge < -0.3 is 24.3 Å². The molecule has 146 valence electrons. The van der Waals surface area contributed by atoms with Gasteiger partial charge in [0.1, 0.15) is 17.4 Å². The fourth-order valence-corrected chi connectivity index (χ4v) is 3.02. The number of carbonyl (C=O) groups excluding carboxylic acids is 1. The molecule has 0 aliphatic carbocycles. The number of alkyl carbamates (subject to hydrolysis) is 1. The molecular formula is C18H29NO6Si. The number of benzene rings is 1. The largest absolute Gasteiger partial charge is 0.542 e. The Bertz CT molecular complexity index is 648. The average molecular weight is 384 g/mol. The van der Waals surface area contributed by atoms with E-state index < -0.39 is 32.0 Å². The first-order valence-electron chi connectivity index (χ1n) is 8.39. The molecule has 26 heavy (non-hydrogen) atoms. The molecule has 1 aromatic rings. The molecule has 1 aromatic carbocycles. The summed E-state index contributed by atoms with van der Waals surface area (Å²) in [5, 5.41) is 11.9. The molecule has 0 saturated heterocycles. The molecule has 0 heterocycles. The van der Waals surface area contributed by atoms with Crippen molar-refractivity contribution in [3.05, 3.63) is 23.8 Å². The standard InChI is InChI=1S/C18H29NO6Si/c1-18(2,3)24-17(22)19-13(16(20)21)11-12-9-8-10-14(23-4)15(12)25-26(5,6)7/h8-10,13H,11H2,1-7H3,(H,19,22)(H,20,21). The maximum atomic E-state index is 12.0. The van der Waals surface area contributed by atoms with E-state index in [2.05, 4.69) is 5.32 Å². The molecule has 1 atom stereocenters. The molecule has 0 saturated carbocycles. The lowest BCUT2D eigenvalue weighted by Crippen LogP contribution is -2.44. The van der Waals surface area contributed by atoms with E-state index in [-0.39, 0.29) is 6.42 Å². The zero-order valence-corrected chi connectivity index (χ0v) is 17.5. The molecule has 1 unspecified atom stereocenters. The SMILES string of the molecule is COc1cccc(CC(NC(=O)OC(C)(C)C)C(=O)O)c1O[Si](C)(C)C. The van der Waals surface area contributed by atoms with Gasteiger partial charge in [0.2, 0.25) is 8.32 Å². The highest BCUT2D eigenvalue weighted by molar-refractivity contribution is 6.70. The quantitative estimate of drug-likeness (QED) is 0.701. The number of hydrogen-bond acceptors (Lipinski definition) is 5. The summed E-state index contributed by atoms with van der Waals surface area (Å²) < 4.78 is 16.6. The number of aliphatic carboxylic acids is 1. The lowest BCUT2D eigenvalue weighted by atomic mass is 10.0.